The lowest BCUT2D eigenvalue weighted by Crippen LogP contribution is -2.67. The molecule has 4 saturated carbocycles. The fourth-order valence-corrected chi connectivity index (χ4v) is 12.2. The first kappa shape index (κ1) is 28.3. The molecule has 6 unspecified atom stereocenters. The molecule has 40 heavy (non-hydrogen) atoms. The van der Waals surface area contributed by atoms with Crippen molar-refractivity contribution in [1.82, 2.24) is 0 Å². The summed E-state index contributed by atoms with van der Waals surface area (Å²) in [6, 6.07) is 8.10. The number of allylic oxidation sites excluding steroid dienone is 3. The molecule has 0 amide bonds. The highest BCUT2D eigenvalue weighted by atomic mass is 16.5. The average Bonchev–Trinajstić information content (AvgIpc) is 3.26. The summed E-state index contributed by atoms with van der Waals surface area (Å²) in [4.78, 5) is 12.0. The van der Waals surface area contributed by atoms with Gasteiger partial charge in [0.2, 0.25) is 0 Å². The third-order valence-corrected chi connectivity index (χ3v) is 14.3. The van der Waals surface area contributed by atoms with E-state index in [9.17, 15) is 4.79 Å². The highest BCUT2D eigenvalue weighted by Gasteiger charge is 2.70. The zero-order chi connectivity index (χ0) is 28.9. The molecule has 0 bridgehead atoms. The van der Waals surface area contributed by atoms with Crippen molar-refractivity contribution in [2.24, 2.45) is 57.0 Å². The van der Waals surface area contributed by atoms with E-state index < -0.39 is 0 Å². The standard InChI is InChI=1S/C37H53NO2/c1-23(2)26-15-20-37(38)22-21-35(6)28(31(26)37)13-14-30-34(5)18-16-27(24-9-11-25(12-10-24)32(39)40-8)33(3,4)29(34)17-19-36(30,35)7/h9-12,16,26,28-31H,1,13-15,17-22,38H2,2-8H3/t26-,28?,29?,30?,31+,34?,35+,36?,37?/m0/s1. The van der Waals surface area contributed by atoms with Gasteiger partial charge in [-0.05, 0) is 139 Å². The Hall–Kier alpha value is -1.87. The van der Waals surface area contributed by atoms with Crippen LogP contribution in [0.3, 0.4) is 0 Å². The Morgan fingerprint density at radius 2 is 1.60 bits per heavy atom. The van der Waals surface area contributed by atoms with Crippen molar-refractivity contribution in [3.8, 4) is 0 Å². The van der Waals surface area contributed by atoms with E-state index in [1.165, 1.54) is 75.2 Å². The quantitative estimate of drug-likeness (QED) is 0.306. The molecule has 4 fully saturated rings. The summed E-state index contributed by atoms with van der Waals surface area (Å²) in [5.41, 5.74) is 13.0. The number of esters is 1. The molecule has 3 nitrogen and oxygen atoms in total. The van der Waals surface area contributed by atoms with Gasteiger partial charge in [0, 0.05) is 5.54 Å². The van der Waals surface area contributed by atoms with Crippen LogP contribution >= 0.6 is 0 Å². The molecule has 1 aromatic rings. The smallest absolute Gasteiger partial charge is 0.337 e. The lowest BCUT2D eigenvalue weighted by Gasteiger charge is -2.72. The Morgan fingerprint density at radius 3 is 2.25 bits per heavy atom. The second-order valence-corrected chi connectivity index (χ2v) is 16.0. The van der Waals surface area contributed by atoms with Gasteiger partial charge >= 0.3 is 5.97 Å². The highest BCUT2D eigenvalue weighted by molar-refractivity contribution is 5.89. The predicted octanol–water partition coefficient (Wildman–Crippen LogP) is 8.84. The van der Waals surface area contributed by atoms with Crippen molar-refractivity contribution >= 4 is 11.5 Å². The third kappa shape index (κ3) is 3.61. The summed E-state index contributed by atoms with van der Waals surface area (Å²) >= 11 is 0. The van der Waals surface area contributed by atoms with E-state index in [1.54, 1.807) is 0 Å². The fraction of sp³-hybridized carbons (Fsp3) is 0.703. The molecule has 9 atom stereocenters. The number of hydrogen-bond donors (Lipinski definition) is 1. The van der Waals surface area contributed by atoms with Crippen molar-refractivity contribution in [2.45, 2.75) is 105 Å². The molecule has 2 N–H and O–H groups in total. The van der Waals surface area contributed by atoms with Gasteiger partial charge in [0.1, 0.15) is 0 Å². The van der Waals surface area contributed by atoms with Gasteiger partial charge in [-0.15, -0.1) is 0 Å². The molecular weight excluding hydrogens is 490 g/mol. The van der Waals surface area contributed by atoms with Crippen molar-refractivity contribution in [2.75, 3.05) is 7.11 Å². The first-order valence-electron chi connectivity index (χ1n) is 16.1. The fourth-order valence-electron chi connectivity index (χ4n) is 12.2. The Kier molecular flexibility index (Phi) is 6.40. The van der Waals surface area contributed by atoms with Crippen LogP contribution in [0.4, 0.5) is 0 Å². The van der Waals surface area contributed by atoms with Gasteiger partial charge in [0.15, 0.2) is 0 Å². The Bertz CT molecular complexity index is 1240. The van der Waals surface area contributed by atoms with Crippen LogP contribution in [0, 0.1) is 51.2 Å². The Morgan fingerprint density at radius 1 is 0.900 bits per heavy atom. The number of benzene rings is 1. The summed E-state index contributed by atoms with van der Waals surface area (Å²) in [6.07, 6.45) is 13.9. The highest BCUT2D eigenvalue weighted by Crippen LogP contribution is 2.76. The Labute approximate surface area is 243 Å². The lowest BCUT2D eigenvalue weighted by molar-refractivity contribution is -0.217. The van der Waals surface area contributed by atoms with Crippen molar-refractivity contribution in [3.63, 3.8) is 0 Å². The number of rotatable bonds is 3. The summed E-state index contributed by atoms with van der Waals surface area (Å²) < 4.78 is 4.93. The maximum absolute atomic E-state index is 12.0. The second-order valence-electron chi connectivity index (χ2n) is 16.0. The first-order chi connectivity index (χ1) is 18.7. The molecule has 0 heterocycles. The molecule has 0 radical (unpaired) electrons. The molecule has 0 saturated heterocycles. The number of fused-ring (bicyclic) bond motifs is 7. The average molecular weight is 544 g/mol. The molecule has 218 valence electrons. The van der Waals surface area contributed by atoms with E-state index in [-0.39, 0.29) is 16.9 Å². The normalized spacial score (nSPS) is 45.3. The topological polar surface area (TPSA) is 52.3 Å². The van der Waals surface area contributed by atoms with E-state index in [0.29, 0.717) is 45.5 Å². The zero-order valence-electron chi connectivity index (χ0n) is 26.2. The Balaban J connectivity index is 1.34. The molecular formula is C37H53NO2. The van der Waals surface area contributed by atoms with Crippen LogP contribution in [0.25, 0.3) is 5.57 Å². The van der Waals surface area contributed by atoms with Crippen molar-refractivity contribution < 1.29 is 9.53 Å². The number of ether oxygens (including phenoxy) is 1. The predicted molar refractivity (Wildman–Crippen MR) is 165 cm³/mol. The molecule has 0 aromatic heterocycles. The largest absolute Gasteiger partial charge is 0.465 e. The van der Waals surface area contributed by atoms with Gasteiger partial charge in [0.25, 0.3) is 0 Å². The minimum Gasteiger partial charge on any atom is -0.465 e. The number of methoxy groups -OCH3 is 1. The molecule has 5 aliphatic carbocycles. The lowest BCUT2D eigenvalue weighted by atomic mass is 9.33. The van der Waals surface area contributed by atoms with Gasteiger partial charge < -0.3 is 10.5 Å². The summed E-state index contributed by atoms with van der Waals surface area (Å²) in [6.45, 7) is 19.8. The van der Waals surface area contributed by atoms with Crippen LogP contribution < -0.4 is 5.73 Å². The molecule has 3 heteroatoms. The third-order valence-electron chi connectivity index (χ3n) is 14.3. The van der Waals surface area contributed by atoms with E-state index in [1.807, 2.05) is 12.1 Å². The molecule has 0 spiro atoms. The SMILES string of the molecule is C=C(C)[C@@H]1CCC2(N)CC[C@]3(C)C(CCC4C5(C)CC=C(c6ccc(C(=O)OC)cc6)C(C)(C)C5CCC43C)[C@@H]12. The van der Waals surface area contributed by atoms with Crippen LogP contribution in [-0.2, 0) is 4.74 Å². The van der Waals surface area contributed by atoms with E-state index in [4.69, 9.17) is 10.5 Å². The monoisotopic (exact) mass is 543 g/mol. The van der Waals surface area contributed by atoms with Crippen molar-refractivity contribution in [1.29, 1.82) is 0 Å². The summed E-state index contributed by atoms with van der Waals surface area (Å²) in [5.74, 6) is 3.03. The summed E-state index contributed by atoms with van der Waals surface area (Å²) in [5, 5.41) is 0. The molecule has 0 aliphatic heterocycles. The maximum Gasteiger partial charge on any atom is 0.337 e. The minimum atomic E-state index is -0.270. The number of carbonyl (C=O) groups excluding carboxylic acids is 1. The second kappa shape index (κ2) is 9.06. The van der Waals surface area contributed by atoms with Gasteiger partial charge in [-0.3, -0.25) is 0 Å². The van der Waals surface area contributed by atoms with Crippen LogP contribution in [0.1, 0.15) is 115 Å². The number of carbonyl (C=O) groups is 1. The van der Waals surface area contributed by atoms with E-state index in [2.05, 4.69) is 66.3 Å². The summed E-state index contributed by atoms with van der Waals surface area (Å²) in [7, 11) is 1.45. The maximum atomic E-state index is 12.0. The van der Waals surface area contributed by atoms with Gasteiger partial charge in [-0.2, -0.15) is 0 Å². The van der Waals surface area contributed by atoms with E-state index in [0.717, 1.165) is 12.3 Å². The van der Waals surface area contributed by atoms with Gasteiger partial charge in [-0.1, -0.05) is 65.0 Å². The van der Waals surface area contributed by atoms with Crippen LogP contribution in [0.5, 0.6) is 0 Å². The number of hydrogen-bond acceptors (Lipinski definition) is 3. The number of nitrogens with two attached hydrogens (primary N) is 1. The molecule has 6 rings (SSSR count). The first-order valence-corrected chi connectivity index (χ1v) is 16.1. The van der Waals surface area contributed by atoms with Gasteiger partial charge in [-0.25, -0.2) is 4.79 Å². The van der Waals surface area contributed by atoms with E-state index >= 15 is 0 Å². The molecule has 5 aliphatic rings. The minimum absolute atomic E-state index is 0.0198. The van der Waals surface area contributed by atoms with Crippen LogP contribution in [0.15, 0.2) is 42.5 Å². The van der Waals surface area contributed by atoms with Crippen LogP contribution in [-0.4, -0.2) is 18.6 Å². The van der Waals surface area contributed by atoms with Crippen molar-refractivity contribution in [3.05, 3.63) is 53.6 Å². The van der Waals surface area contributed by atoms with Gasteiger partial charge in [0.05, 0.1) is 12.7 Å². The molecule has 1 aromatic carbocycles. The van der Waals surface area contributed by atoms with Crippen LogP contribution in [0.2, 0.25) is 0 Å². The zero-order valence-corrected chi connectivity index (χ0v) is 26.2.